The SMILES string of the molecule is CCCCn1c(=N)n(CC(=O)OCC)c2ccccc21. The highest BCUT2D eigenvalue weighted by Crippen LogP contribution is 2.13. The number of benzene rings is 1. The van der Waals surface area contributed by atoms with Gasteiger partial charge < -0.3 is 9.30 Å². The van der Waals surface area contributed by atoms with Gasteiger partial charge >= 0.3 is 5.97 Å². The van der Waals surface area contributed by atoms with Crippen molar-refractivity contribution in [3.05, 3.63) is 29.9 Å². The van der Waals surface area contributed by atoms with Crippen LogP contribution in [0.4, 0.5) is 0 Å². The first-order chi connectivity index (χ1) is 9.69. The molecule has 5 heteroatoms. The van der Waals surface area contributed by atoms with Crippen LogP contribution < -0.4 is 5.62 Å². The van der Waals surface area contributed by atoms with E-state index in [4.69, 9.17) is 10.1 Å². The highest BCUT2D eigenvalue weighted by molar-refractivity contribution is 5.78. The minimum atomic E-state index is -0.301. The number of aromatic nitrogens is 2. The standard InChI is InChI=1S/C15H21N3O2/c1-3-5-10-17-12-8-6-7-9-13(12)18(15(17)16)11-14(19)20-4-2/h6-9,16H,3-5,10-11H2,1-2H3. The van der Waals surface area contributed by atoms with Gasteiger partial charge in [-0.2, -0.15) is 0 Å². The third kappa shape index (κ3) is 2.76. The molecule has 0 bridgehead atoms. The van der Waals surface area contributed by atoms with E-state index in [0.29, 0.717) is 12.2 Å². The van der Waals surface area contributed by atoms with Gasteiger partial charge in [-0.15, -0.1) is 0 Å². The zero-order valence-electron chi connectivity index (χ0n) is 12.1. The van der Waals surface area contributed by atoms with Crippen molar-refractivity contribution in [2.45, 2.75) is 39.8 Å². The number of nitrogens with zero attached hydrogens (tertiary/aromatic N) is 2. The van der Waals surface area contributed by atoms with Crippen LogP contribution in [0.5, 0.6) is 0 Å². The summed E-state index contributed by atoms with van der Waals surface area (Å²) in [5.41, 5.74) is 2.25. The summed E-state index contributed by atoms with van der Waals surface area (Å²) in [6.07, 6.45) is 2.09. The maximum atomic E-state index is 11.7. The molecule has 0 saturated heterocycles. The number of aryl methyl sites for hydroxylation is 1. The Kier molecular flexibility index (Phi) is 4.61. The van der Waals surface area contributed by atoms with Crippen molar-refractivity contribution in [1.82, 2.24) is 9.13 Å². The molecule has 20 heavy (non-hydrogen) atoms. The summed E-state index contributed by atoms with van der Waals surface area (Å²) >= 11 is 0. The topological polar surface area (TPSA) is 60.0 Å². The Balaban J connectivity index is 2.45. The Morgan fingerprint density at radius 2 is 1.85 bits per heavy atom. The van der Waals surface area contributed by atoms with E-state index in [-0.39, 0.29) is 12.5 Å². The summed E-state index contributed by atoms with van der Waals surface area (Å²) in [6, 6.07) is 7.81. The van der Waals surface area contributed by atoms with Crippen LogP contribution in [0.15, 0.2) is 24.3 Å². The monoisotopic (exact) mass is 275 g/mol. The first-order valence-electron chi connectivity index (χ1n) is 7.07. The van der Waals surface area contributed by atoms with Crippen LogP contribution in [0.25, 0.3) is 11.0 Å². The number of ether oxygens (including phenoxy) is 1. The van der Waals surface area contributed by atoms with Gasteiger partial charge in [-0.1, -0.05) is 25.5 Å². The second-order valence-electron chi connectivity index (χ2n) is 4.71. The van der Waals surface area contributed by atoms with E-state index in [9.17, 15) is 4.79 Å². The number of nitrogens with one attached hydrogen (secondary N) is 1. The lowest BCUT2D eigenvalue weighted by molar-refractivity contribution is -0.143. The predicted molar refractivity (Wildman–Crippen MR) is 77.3 cm³/mol. The van der Waals surface area contributed by atoms with Gasteiger partial charge in [0, 0.05) is 6.54 Å². The molecule has 5 nitrogen and oxygen atoms in total. The highest BCUT2D eigenvalue weighted by Gasteiger charge is 2.13. The minimum absolute atomic E-state index is 0.0896. The molecule has 1 heterocycles. The molecule has 0 amide bonds. The van der Waals surface area contributed by atoms with E-state index in [1.165, 1.54) is 0 Å². The van der Waals surface area contributed by atoms with Gasteiger partial charge in [0.25, 0.3) is 0 Å². The quantitative estimate of drug-likeness (QED) is 0.822. The number of carbonyl (C=O) groups excluding carboxylic acids is 1. The summed E-state index contributed by atoms with van der Waals surface area (Å²) in [7, 11) is 0. The van der Waals surface area contributed by atoms with Crippen LogP contribution >= 0.6 is 0 Å². The lowest BCUT2D eigenvalue weighted by Gasteiger charge is -2.04. The number of rotatable bonds is 6. The van der Waals surface area contributed by atoms with Gasteiger partial charge in [-0.3, -0.25) is 14.8 Å². The number of hydrogen-bond acceptors (Lipinski definition) is 3. The Morgan fingerprint density at radius 3 is 2.45 bits per heavy atom. The van der Waals surface area contributed by atoms with Gasteiger partial charge in [-0.25, -0.2) is 0 Å². The van der Waals surface area contributed by atoms with Gasteiger partial charge in [0.05, 0.1) is 17.6 Å². The van der Waals surface area contributed by atoms with E-state index < -0.39 is 0 Å². The van der Waals surface area contributed by atoms with Crippen molar-refractivity contribution in [2.24, 2.45) is 0 Å². The summed E-state index contributed by atoms with van der Waals surface area (Å²) in [5.74, 6) is -0.301. The maximum Gasteiger partial charge on any atom is 0.326 e. The number of carbonyl (C=O) groups is 1. The van der Waals surface area contributed by atoms with E-state index in [0.717, 1.165) is 30.4 Å². The molecule has 1 aromatic heterocycles. The summed E-state index contributed by atoms with van der Waals surface area (Å²) < 4.78 is 8.66. The Labute approximate surface area is 118 Å². The molecule has 1 N–H and O–H groups in total. The first-order valence-corrected chi connectivity index (χ1v) is 7.07. The first kappa shape index (κ1) is 14.4. The van der Waals surface area contributed by atoms with Crippen molar-refractivity contribution >= 4 is 17.0 Å². The fourth-order valence-electron chi connectivity index (χ4n) is 2.33. The maximum absolute atomic E-state index is 11.7. The average Bonchev–Trinajstić information content (AvgIpc) is 2.70. The molecule has 108 valence electrons. The summed E-state index contributed by atoms with van der Waals surface area (Å²) in [6.45, 7) is 5.16. The molecule has 0 saturated carbocycles. The van der Waals surface area contributed by atoms with Gasteiger partial charge in [0.1, 0.15) is 6.54 Å². The molecule has 0 atom stereocenters. The molecular formula is C15H21N3O2. The minimum Gasteiger partial charge on any atom is -0.465 e. The van der Waals surface area contributed by atoms with Crippen LogP contribution in [-0.4, -0.2) is 21.7 Å². The van der Waals surface area contributed by atoms with Crippen molar-refractivity contribution in [2.75, 3.05) is 6.61 Å². The molecule has 0 spiro atoms. The van der Waals surface area contributed by atoms with Gasteiger partial charge in [0.15, 0.2) is 0 Å². The van der Waals surface area contributed by atoms with Crippen molar-refractivity contribution < 1.29 is 9.53 Å². The predicted octanol–water partition coefficient (Wildman–Crippen LogP) is 2.29. The molecule has 1 aromatic carbocycles. The molecule has 0 fully saturated rings. The van der Waals surface area contributed by atoms with Crippen LogP contribution in [0.1, 0.15) is 26.7 Å². The van der Waals surface area contributed by atoms with Crippen LogP contribution in [0.3, 0.4) is 0 Å². The number of para-hydroxylation sites is 2. The third-order valence-electron chi connectivity index (χ3n) is 3.30. The second-order valence-corrected chi connectivity index (χ2v) is 4.71. The Bertz CT molecular complexity index is 655. The zero-order valence-corrected chi connectivity index (χ0v) is 12.1. The molecule has 0 aliphatic rings. The van der Waals surface area contributed by atoms with E-state index in [1.807, 2.05) is 28.8 Å². The van der Waals surface area contributed by atoms with Crippen molar-refractivity contribution in [3.8, 4) is 0 Å². The number of hydrogen-bond donors (Lipinski definition) is 1. The largest absolute Gasteiger partial charge is 0.465 e. The number of fused-ring (bicyclic) bond motifs is 1. The van der Waals surface area contributed by atoms with E-state index in [2.05, 4.69) is 6.92 Å². The molecule has 2 rings (SSSR count). The van der Waals surface area contributed by atoms with Crippen LogP contribution in [0.2, 0.25) is 0 Å². The van der Waals surface area contributed by atoms with Crippen molar-refractivity contribution in [3.63, 3.8) is 0 Å². The lowest BCUT2D eigenvalue weighted by Crippen LogP contribution is -2.28. The molecule has 0 aliphatic carbocycles. The Morgan fingerprint density at radius 1 is 1.20 bits per heavy atom. The summed E-state index contributed by atoms with van der Waals surface area (Å²) in [5, 5.41) is 8.30. The average molecular weight is 275 g/mol. The van der Waals surface area contributed by atoms with E-state index in [1.54, 1.807) is 11.5 Å². The molecule has 2 aromatic rings. The van der Waals surface area contributed by atoms with Crippen LogP contribution in [0, 0.1) is 5.41 Å². The van der Waals surface area contributed by atoms with E-state index >= 15 is 0 Å². The van der Waals surface area contributed by atoms with Gasteiger partial charge in [-0.05, 0) is 25.5 Å². The molecule has 0 unspecified atom stereocenters. The molecule has 0 aliphatic heterocycles. The second kappa shape index (κ2) is 6.41. The number of unbranched alkanes of at least 4 members (excludes halogenated alkanes) is 1. The third-order valence-corrected chi connectivity index (χ3v) is 3.30. The van der Waals surface area contributed by atoms with Crippen molar-refractivity contribution in [1.29, 1.82) is 5.41 Å². The Hall–Kier alpha value is -2.04. The normalized spacial score (nSPS) is 10.9. The molecular weight excluding hydrogens is 254 g/mol. The highest BCUT2D eigenvalue weighted by atomic mass is 16.5. The molecule has 0 radical (unpaired) electrons. The fraction of sp³-hybridized carbons (Fsp3) is 0.467. The lowest BCUT2D eigenvalue weighted by atomic mass is 10.3. The smallest absolute Gasteiger partial charge is 0.326 e. The zero-order chi connectivity index (χ0) is 14.5. The fourth-order valence-corrected chi connectivity index (χ4v) is 2.33. The number of imidazole rings is 1. The number of esters is 1. The van der Waals surface area contributed by atoms with Gasteiger partial charge in [0.2, 0.25) is 5.62 Å². The van der Waals surface area contributed by atoms with Crippen LogP contribution in [-0.2, 0) is 22.6 Å². The summed E-state index contributed by atoms with van der Waals surface area (Å²) in [4.78, 5) is 11.7.